The van der Waals surface area contributed by atoms with Gasteiger partial charge in [0.25, 0.3) is 0 Å². The van der Waals surface area contributed by atoms with Crippen LogP contribution in [0.25, 0.3) is 10.8 Å². The Bertz CT molecular complexity index is 1410. The van der Waals surface area contributed by atoms with Crippen LogP contribution in [0.15, 0.2) is 91.1 Å². The first-order valence-corrected chi connectivity index (χ1v) is 13.0. The van der Waals surface area contributed by atoms with Gasteiger partial charge in [0, 0.05) is 31.6 Å². The lowest BCUT2D eigenvalue weighted by Crippen LogP contribution is -2.51. The minimum atomic E-state index is -1.17. The molecule has 1 N–H and O–H groups in total. The molecule has 200 valence electrons. The Hall–Kier alpha value is -4.43. The lowest BCUT2D eigenvalue weighted by Gasteiger charge is -2.40. The summed E-state index contributed by atoms with van der Waals surface area (Å²) in [6.45, 7) is 1.30. The Morgan fingerprint density at radius 3 is 2.49 bits per heavy atom. The third kappa shape index (κ3) is 6.91. The van der Waals surface area contributed by atoms with Crippen molar-refractivity contribution in [3.05, 3.63) is 108 Å². The van der Waals surface area contributed by atoms with Gasteiger partial charge < -0.3 is 24.3 Å². The fourth-order valence-electron chi connectivity index (χ4n) is 4.93. The summed E-state index contributed by atoms with van der Waals surface area (Å²) < 4.78 is 11.6. The summed E-state index contributed by atoms with van der Waals surface area (Å²) >= 11 is 0. The Morgan fingerprint density at radius 2 is 1.72 bits per heavy atom. The number of piperidine rings is 1. The van der Waals surface area contributed by atoms with Crippen molar-refractivity contribution < 1.29 is 24.2 Å². The Morgan fingerprint density at radius 1 is 0.949 bits per heavy atom. The molecule has 2 amide bonds. The Kier molecular flexibility index (Phi) is 8.33. The highest BCUT2D eigenvalue weighted by Crippen LogP contribution is 2.31. The first kappa shape index (κ1) is 26.2. The molecule has 1 aromatic heterocycles. The molecule has 39 heavy (non-hydrogen) atoms. The van der Waals surface area contributed by atoms with E-state index >= 15 is 0 Å². The number of benzene rings is 3. The number of hydrogen-bond donors (Lipinski definition) is 1. The van der Waals surface area contributed by atoms with Gasteiger partial charge in [-0.1, -0.05) is 66.7 Å². The summed E-state index contributed by atoms with van der Waals surface area (Å²) in [7, 11) is 0. The zero-order valence-corrected chi connectivity index (χ0v) is 21.5. The number of ether oxygens (including phenoxy) is 2. The van der Waals surface area contributed by atoms with Crippen molar-refractivity contribution in [1.82, 2.24) is 9.88 Å². The topological polar surface area (TPSA) is 104 Å². The van der Waals surface area contributed by atoms with Crippen molar-refractivity contribution in [2.24, 2.45) is 0 Å². The molecule has 2 heterocycles. The third-order valence-electron chi connectivity index (χ3n) is 7.02. The highest BCUT2D eigenvalue weighted by molar-refractivity contribution is 5.83. The maximum atomic E-state index is 12.0. The van der Waals surface area contributed by atoms with Gasteiger partial charge in [-0.25, -0.2) is 9.78 Å². The predicted octanol–water partition coefficient (Wildman–Crippen LogP) is 4.74. The summed E-state index contributed by atoms with van der Waals surface area (Å²) in [5, 5.41) is 16.5. The molecular formula is C31H30N3O5-. The zero-order valence-electron chi connectivity index (χ0n) is 21.5. The first-order chi connectivity index (χ1) is 19.0. The van der Waals surface area contributed by atoms with E-state index in [0.717, 1.165) is 22.1 Å². The Labute approximate surface area is 227 Å². The number of nitrogens with one attached hydrogen (secondary N) is 1. The molecule has 4 aromatic rings. The van der Waals surface area contributed by atoms with Crippen LogP contribution in [0.3, 0.4) is 0 Å². The second-order valence-corrected chi connectivity index (χ2v) is 9.61. The Balaban J connectivity index is 1.19. The van der Waals surface area contributed by atoms with Crippen LogP contribution in [0.4, 0.5) is 15.4 Å². The largest absolute Gasteiger partial charge is 0.530 e. The lowest BCUT2D eigenvalue weighted by molar-refractivity contribution is -0.268. The fourth-order valence-corrected chi connectivity index (χ4v) is 4.93. The second kappa shape index (κ2) is 12.4. The molecule has 8 nitrogen and oxygen atoms in total. The van der Waals surface area contributed by atoms with Crippen LogP contribution < -0.4 is 10.4 Å². The summed E-state index contributed by atoms with van der Waals surface area (Å²) in [5.74, 6) is 0.490. The molecule has 3 aromatic carbocycles. The molecule has 8 heteroatoms. The standard InChI is InChI=1S/C31H31N3O5/c35-30(33-29-7-3-4-16-32-29)38-18-15-22-8-12-25(13-9-22)27-14-17-34(31(36)37)20-28(27)39-21-23-10-11-24-5-1-2-6-26(24)19-23/h1-13,16,19,27-28H,14-15,17-18,20-21H2,(H,36,37)(H,32,33,35)/p-1. The predicted molar refractivity (Wildman–Crippen MR) is 146 cm³/mol. The van der Waals surface area contributed by atoms with Crippen molar-refractivity contribution in [2.75, 3.05) is 25.0 Å². The number of carbonyl (C=O) groups is 2. The van der Waals surface area contributed by atoms with Crippen LogP contribution >= 0.6 is 0 Å². The SMILES string of the molecule is O=C(Nc1ccccn1)OCCc1ccc(C2CCN(C(=O)[O-])CC2OCc2ccc3ccccc3c2)cc1. The molecule has 5 rings (SSSR count). The molecule has 0 aliphatic carbocycles. The quantitative estimate of drug-likeness (QED) is 0.357. The number of rotatable bonds is 8. The van der Waals surface area contributed by atoms with Crippen LogP contribution in [-0.4, -0.2) is 47.9 Å². The van der Waals surface area contributed by atoms with Gasteiger partial charge in [0.2, 0.25) is 0 Å². The summed E-state index contributed by atoms with van der Waals surface area (Å²) in [5.41, 5.74) is 3.17. The van der Waals surface area contributed by atoms with E-state index < -0.39 is 12.2 Å². The van der Waals surface area contributed by atoms with E-state index in [2.05, 4.69) is 46.7 Å². The molecule has 0 saturated carbocycles. The average molecular weight is 525 g/mol. The van der Waals surface area contributed by atoms with Crippen molar-refractivity contribution in [1.29, 1.82) is 0 Å². The number of nitrogens with zero attached hydrogens (tertiary/aromatic N) is 2. The normalized spacial score (nSPS) is 17.1. The number of fused-ring (bicyclic) bond motifs is 1. The fraction of sp³-hybridized carbons (Fsp3) is 0.258. The molecule has 0 spiro atoms. The number of carbonyl (C=O) groups excluding carboxylic acids is 2. The number of hydrogen-bond acceptors (Lipinski definition) is 6. The summed E-state index contributed by atoms with van der Waals surface area (Å²) in [6.07, 6.45) is 0.797. The molecule has 0 bridgehead atoms. The van der Waals surface area contributed by atoms with E-state index in [9.17, 15) is 14.7 Å². The van der Waals surface area contributed by atoms with Crippen LogP contribution in [0, 0.1) is 0 Å². The monoisotopic (exact) mass is 524 g/mol. The number of pyridine rings is 1. The molecule has 1 aliphatic rings. The maximum absolute atomic E-state index is 12.0. The van der Waals surface area contributed by atoms with Crippen molar-refractivity contribution in [3.63, 3.8) is 0 Å². The first-order valence-electron chi connectivity index (χ1n) is 13.0. The number of aromatic nitrogens is 1. The van der Waals surface area contributed by atoms with Gasteiger partial charge in [0.05, 0.1) is 19.3 Å². The van der Waals surface area contributed by atoms with Gasteiger partial charge in [0.1, 0.15) is 11.9 Å². The number of likely N-dealkylation sites (tertiary alicyclic amines) is 1. The summed E-state index contributed by atoms with van der Waals surface area (Å²) in [4.78, 5) is 28.9. The van der Waals surface area contributed by atoms with E-state index in [4.69, 9.17) is 9.47 Å². The van der Waals surface area contributed by atoms with Crippen LogP contribution in [0.2, 0.25) is 0 Å². The van der Waals surface area contributed by atoms with E-state index in [1.54, 1.807) is 24.4 Å². The molecule has 0 radical (unpaired) electrons. The highest BCUT2D eigenvalue weighted by atomic mass is 16.5. The molecule has 1 aliphatic heterocycles. The minimum absolute atomic E-state index is 0.0514. The van der Waals surface area contributed by atoms with E-state index in [1.807, 2.05) is 30.3 Å². The molecule has 2 atom stereocenters. The third-order valence-corrected chi connectivity index (χ3v) is 7.02. The zero-order chi connectivity index (χ0) is 27.0. The van der Waals surface area contributed by atoms with Crippen LogP contribution in [0.1, 0.15) is 29.0 Å². The van der Waals surface area contributed by atoms with Gasteiger partial charge in [-0.3, -0.25) is 5.32 Å². The number of amides is 2. The molecular weight excluding hydrogens is 494 g/mol. The maximum Gasteiger partial charge on any atom is 0.412 e. The average Bonchev–Trinajstić information content (AvgIpc) is 2.97. The molecule has 2 unspecified atom stereocenters. The van der Waals surface area contributed by atoms with Crippen LogP contribution in [-0.2, 0) is 22.5 Å². The minimum Gasteiger partial charge on any atom is -0.530 e. The van der Waals surface area contributed by atoms with Crippen LogP contribution in [0.5, 0.6) is 0 Å². The second-order valence-electron chi connectivity index (χ2n) is 9.61. The van der Waals surface area contributed by atoms with Gasteiger partial charge in [0.15, 0.2) is 0 Å². The van der Waals surface area contributed by atoms with Gasteiger partial charge >= 0.3 is 6.09 Å². The van der Waals surface area contributed by atoms with Gasteiger partial charge in [-0.2, -0.15) is 0 Å². The summed E-state index contributed by atoms with van der Waals surface area (Å²) in [6, 6.07) is 27.8. The van der Waals surface area contributed by atoms with Gasteiger partial charge in [-0.15, -0.1) is 0 Å². The van der Waals surface area contributed by atoms with Crippen molar-refractivity contribution in [2.45, 2.75) is 31.5 Å². The van der Waals surface area contributed by atoms with Crippen molar-refractivity contribution in [3.8, 4) is 0 Å². The molecule has 1 fully saturated rings. The molecule has 1 saturated heterocycles. The van der Waals surface area contributed by atoms with E-state index in [0.29, 0.717) is 31.8 Å². The van der Waals surface area contributed by atoms with E-state index in [-0.39, 0.29) is 25.2 Å². The van der Waals surface area contributed by atoms with Gasteiger partial charge in [-0.05, 0) is 52.1 Å². The highest BCUT2D eigenvalue weighted by Gasteiger charge is 2.31. The lowest BCUT2D eigenvalue weighted by atomic mass is 9.86. The van der Waals surface area contributed by atoms with Crippen molar-refractivity contribution >= 4 is 28.8 Å². The number of anilines is 1. The van der Waals surface area contributed by atoms with E-state index in [1.165, 1.54) is 10.3 Å². The number of carboxylic acid groups (broad SMARTS) is 1. The smallest absolute Gasteiger partial charge is 0.412 e.